The molecule has 2 unspecified atom stereocenters. The SMILES string of the molecule is Cc1noc(CC(NC(=O)N(C)CC(C)C(=O)O)c2ccccc2)n1. The molecule has 1 aromatic carbocycles. The van der Waals surface area contributed by atoms with Crippen molar-refractivity contribution in [2.24, 2.45) is 5.92 Å². The molecule has 2 aromatic rings. The molecule has 25 heavy (non-hydrogen) atoms. The van der Waals surface area contributed by atoms with Gasteiger partial charge < -0.3 is 19.8 Å². The molecule has 0 bridgehead atoms. The number of benzene rings is 1. The van der Waals surface area contributed by atoms with Crippen molar-refractivity contribution < 1.29 is 19.2 Å². The number of nitrogens with one attached hydrogen (secondary N) is 1. The van der Waals surface area contributed by atoms with Crippen LogP contribution in [0.2, 0.25) is 0 Å². The van der Waals surface area contributed by atoms with Gasteiger partial charge in [-0.2, -0.15) is 4.98 Å². The first-order valence-corrected chi connectivity index (χ1v) is 7.95. The Morgan fingerprint density at radius 3 is 2.56 bits per heavy atom. The van der Waals surface area contributed by atoms with E-state index in [1.54, 1.807) is 20.9 Å². The van der Waals surface area contributed by atoms with Gasteiger partial charge >= 0.3 is 12.0 Å². The number of aryl methyl sites for hydroxylation is 1. The lowest BCUT2D eigenvalue weighted by atomic mass is 10.0. The van der Waals surface area contributed by atoms with Crippen LogP contribution in [-0.2, 0) is 11.2 Å². The molecular weight excluding hydrogens is 324 g/mol. The van der Waals surface area contributed by atoms with Gasteiger partial charge in [0.25, 0.3) is 0 Å². The van der Waals surface area contributed by atoms with Crippen LogP contribution < -0.4 is 5.32 Å². The molecule has 2 rings (SSSR count). The van der Waals surface area contributed by atoms with Gasteiger partial charge in [-0.25, -0.2) is 4.79 Å². The second-order valence-corrected chi connectivity index (χ2v) is 5.97. The van der Waals surface area contributed by atoms with Gasteiger partial charge in [0, 0.05) is 13.6 Å². The van der Waals surface area contributed by atoms with Crippen molar-refractivity contribution in [3.05, 3.63) is 47.6 Å². The molecule has 0 saturated carbocycles. The fraction of sp³-hybridized carbons (Fsp3) is 0.412. The predicted octanol–water partition coefficient (Wildman–Crippen LogP) is 2.02. The third kappa shape index (κ3) is 5.30. The number of nitrogens with zero attached hydrogens (tertiary/aromatic N) is 3. The Morgan fingerprint density at radius 1 is 1.32 bits per heavy atom. The minimum absolute atomic E-state index is 0.113. The molecule has 0 radical (unpaired) electrons. The molecule has 0 fully saturated rings. The average Bonchev–Trinajstić information content (AvgIpc) is 2.99. The average molecular weight is 346 g/mol. The van der Waals surface area contributed by atoms with Crippen molar-refractivity contribution in [2.45, 2.75) is 26.3 Å². The van der Waals surface area contributed by atoms with Crippen molar-refractivity contribution in [3.63, 3.8) is 0 Å². The molecule has 8 nitrogen and oxygen atoms in total. The number of hydrogen-bond donors (Lipinski definition) is 2. The van der Waals surface area contributed by atoms with Crippen LogP contribution in [0.25, 0.3) is 0 Å². The minimum Gasteiger partial charge on any atom is -0.481 e. The van der Waals surface area contributed by atoms with Crippen LogP contribution >= 0.6 is 0 Å². The molecule has 0 aliphatic rings. The first-order valence-electron chi connectivity index (χ1n) is 7.95. The van der Waals surface area contributed by atoms with Gasteiger partial charge in [0.05, 0.1) is 18.4 Å². The number of carbonyl (C=O) groups is 2. The van der Waals surface area contributed by atoms with Crippen LogP contribution in [0.5, 0.6) is 0 Å². The van der Waals surface area contributed by atoms with E-state index in [0.717, 1.165) is 5.56 Å². The molecule has 0 spiro atoms. The summed E-state index contributed by atoms with van der Waals surface area (Å²) in [6, 6.07) is 8.71. The highest BCUT2D eigenvalue weighted by Crippen LogP contribution is 2.18. The van der Waals surface area contributed by atoms with Gasteiger partial charge in [0.15, 0.2) is 5.82 Å². The Labute approximate surface area is 145 Å². The molecule has 2 amide bonds. The Bertz CT molecular complexity index is 716. The fourth-order valence-corrected chi connectivity index (χ4v) is 2.37. The maximum Gasteiger partial charge on any atom is 0.317 e. The summed E-state index contributed by atoms with van der Waals surface area (Å²) in [5, 5.41) is 15.6. The topological polar surface area (TPSA) is 109 Å². The number of aliphatic carboxylic acids is 1. The normalized spacial score (nSPS) is 13.1. The zero-order chi connectivity index (χ0) is 18.4. The Balaban J connectivity index is 2.10. The number of carbonyl (C=O) groups excluding carboxylic acids is 1. The van der Waals surface area contributed by atoms with E-state index in [0.29, 0.717) is 18.1 Å². The zero-order valence-corrected chi connectivity index (χ0v) is 14.5. The van der Waals surface area contributed by atoms with Crippen molar-refractivity contribution in [1.82, 2.24) is 20.4 Å². The number of carboxylic acid groups (broad SMARTS) is 1. The molecule has 134 valence electrons. The van der Waals surface area contributed by atoms with E-state index in [9.17, 15) is 9.59 Å². The lowest BCUT2D eigenvalue weighted by Crippen LogP contribution is -2.42. The van der Waals surface area contributed by atoms with Crippen molar-refractivity contribution >= 4 is 12.0 Å². The summed E-state index contributed by atoms with van der Waals surface area (Å²) in [6.07, 6.45) is 0.346. The van der Waals surface area contributed by atoms with Gasteiger partial charge in [-0.1, -0.05) is 42.4 Å². The number of aromatic nitrogens is 2. The molecule has 2 atom stereocenters. The first kappa shape index (κ1) is 18.4. The lowest BCUT2D eigenvalue weighted by Gasteiger charge is -2.24. The van der Waals surface area contributed by atoms with Crippen LogP contribution in [0.1, 0.15) is 30.2 Å². The van der Waals surface area contributed by atoms with Crippen LogP contribution in [0.3, 0.4) is 0 Å². The van der Waals surface area contributed by atoms with Gasteiger partial charge in [0.2, 0.25) is 5.89 Å². The molecule has 1 heterocycles. The number of urea groups is 1. The van der Waals surface area contributed by atoms with E-state index in [1.807, 2.05) is 30.3 Å². The van der Waals surface area contributed by atoms with Gasteiger partial charge in [-0.15, -0.1) is 0 Å². The highest BCUT2D eigenvalue weighted by atomic mass is 16.5. The number of rotatable bonds is 7. The van der Waals surface area contributed by atoms with Gasteiger partial charge in [0.1, 0.15) is 0 Å². The molecule has 0 aliphatic carbocycles. The summed E-state index contributed by atoms with van der Waals surface area (Å²) >= 11 is 0. The third-order valence-corrected chi connectivity index (χ3v) is 3.76. The summed E-state index contributed by atoms with van der Waals surface area (Å²) in [5.74, 6) is -0.640. The van der Waals surface area contributed by atoms with E-state index in [4.69, 9.17) is 9.63 Å². The zero-order valence-electron chi connectivity index (χ0n) is 14.5. The first-order chi connectivity index (χ1) is 11.9. The summed E-state index contributed by atoms with van der Waals surface area (Å²) < 4.78 is 5.15. The van der Waals surface area contributed by atoms with Crippen molar-refractivity contribution in [1.29, 1.82) is 0 Å². The summed E-state index contributed by atoms with van der Waals surface area (Å²) in [7, 11) is 1.56. The standard InChI is InChI=1S/C17H22N4O4/c1-11(16(22)23)10-21(3)17(24)19-14(13-7-5-4-6-8-13)9-15-18-12(2)20-25-15/h4-8,11,14H,9-10H2,1-3H3,(H,19,24)(H,22,23). The summed E-state index contributed by atoms with van der Waals surface area (Å²) in [4.78, 5) is 28.9. The van der Waals surface area contributed by atoms with Crippen LogP contribution in [-0.4, -0.2) is 45.7 Å². The molecular formula is C17H22N4O4. The molecule has 2 N–H and O–H groups in total. The van der Waals surface area contributed by atoms with Crippen LogP contribution in [0, 0.1) is 12.8 Å². The van der Waals surface area contributed by atoms with E-state index in [2.05, 4.69) is 15.5 Å². The second-order valence-electron chi connectivity index (χ2n) is 5.97. The Hall–Kier alpha value is -2.90. The molecule has 1 aromatic heterocycles. The second kappa shape index (κ2) is 8.27. The number of hydrogen-bond acceptors (Lipinski definition) is 5. The molecule has 8 heteroatoms. The maximum absolute atomic E-state index is 12.4. The lowest BCUT2D eigenvalue weighted by molar-refractivity contribution is -0.141. The summed E-state index contributed by atoms with van der Waals surface area (Å²) in [5.41, 5.74) is 0.895. The highest BCUT2D eigenvalue weighted by molar-refractivity contribution is 5.76. The van der Waals surface area contributed by atoms with Crippen molar-refractivity contribution in [3.8, 4) is 0 Å². The maximum atomic E-state index is 12.4. The predicted molar refractivity (Wildman–Crippen MR) is 89.9 cm³/mol. The fourth-order valence-electron chi connectivity index (χ4n) is 2.37. The minimum atomic E-state index is -0.944. The van der Waals surface area contributed by atoms with Gasteiger partial charge in [-0.3, -0.25) is 4.79 Å². The smallest absolute Gasteiger partial charge is 0.317 e. The molecule has 0 saturated heterocycles. The quantitative estimate of drug-likeness (QED) is 0.794. The number of amides is 2. The van der Waals surface area contributed by atoms with Crippen LogP contribution in [0.4, 0.5) is 4.79 Å². The number of carboxylic acids is 1. The molecule has 0 aliphatic heterocycles. The summed E-state index contributed by atoms with van der Waals surface area (Å²) in [6.45, 7) is 3.40. The highest BCUT2D eigenvalue weighted by Gasteiger charge is 2.22. The van der Waals surface area contributed by atoms with Gasteiger partial charge in [-0.05, 0) is 12.5 Å². The van der Waals surface area contributed by atoms with E-state index in [1.165, 1.54) is 4.90 Å². The van der Waals surface area contributed by atoms with E-state index < -0.39 is 11.9 Å². The monoisotopic (exact) mass is 346 g/mol. The van der Waals surface area contributed by atoms with Crippen LogP contribution in [0.15, 0.2) is 34.9 Å². The van der Waals surface area contributed by atoms with Crippen molar-refractivity contribution in [2.75, 3.05) is 13.6 Å². The van der Waals surface area contributed by atoms with E-state index >= 15 is 0 Å². The Morgan fingerprint density at radius 2 is 2.00 bits per heavy atom. The Kier molecular flexibility index (Phi) is 6.10. The van der Waals surface area contributed by atoms with E-state index in [-0.39, 0.29) is 18.6 Å². The largest absolute Gasteiger partial charge is 0.481 e. The third-order valence-electron chi connectivity index (χ3n) is 3.76.